The van der Waals surface area contributed by atoms with Crippen molar-refractivity contribution in [3.05, 3.63) is 70.3 Å². The molecule has 0 amide bonds. The van der Waals surface area contributed by atoms with Crippen LogP contribution in [0.4, 0.5) is 0 Å². The van der Waals surface area contributed by atoms with E-state index in [1.54, 1.807) is 0 Å². The Hall–Kier alpha value is -2.44. The minimum atomic E-state index is 0.698. The van der Waals surface area contributed by atoms with Crippen LogP contribution >= 0.6 is 0 Å². The normalized spacial score (nSPS) is 15.0. The summed E-state index contributed by atoms with van der Waals surface area (Å²) in [5.74, 6) is 0. The molecule has 116 valence electrons. The van der Waals surface area contributed by atoms with Crippen LogP contribution in [0.3, 0.4) is 0 Å². The molecule has 1 aliphatic rings. The highest BCUT2D eigenvalue weighted by atomic mass is 15.1. The van der Waals surface area contributed by atoms with E-state index in [1.807, 2.05) is 12.1 Å². The van der Waals surface area contributed by atoms with Crippen LogP contribution in [0.25, 0.3) is 0 Å². The first kappa shape index (κ1) is 15.5. The molecule has 2 aromatic rings. The fourth-order valence-electron chi connectivity index (χ4n) is 3.00. The Kier molecular flexibility index (Phi) is 4.55. The molecule has 0 saturated heterocycles. The molecule has 0 unspecified atom stereocenters. The summed E-state index contributed by atoms with van der Waals surface area (Å²) in [6.45, 7) is 1.67. The van der Waals surface area contributed by atoms with Gasteiger partial charge in [0.2, 0.25) is 0 Å². The number of fused-ring (bicyclic) bond motifs is 2. The van der Waals surface area contributed by atoms with Crippen molar-refractivity contribution in [1.82, 2.24) is 4.90 Å². The summed E-state index contributed by atoms with van der Waals surface area (Å²) in [4.78, 5) is 7.05. The lowest BCUT2D eigenvalue weighted by Crippen LogP contribution is -2.17. The number of nitriles is 1. The highest BCUT2D eigenvalue weighted by Gasteiger charge is 2.19. The molecule has 0 atom stereocenters. The van der Waals surface area contributed by atoms with Crippen molar-refractivity contribution < 1.29 is 0 Å². The SMILES string of the molecule is CN(C)CCN=C1c2ccccc2CCc2ccc(C#N)cc21. The molecule has 0 N–H and O–H groups in total. The Labute approximate surface area is 137 Å². The topological polar surface area (TPSA) is 39.4 Å². The number of rotatable bonds is 3. The Bertz CT molecular complexity index is 782. The van der Waals surface area contributed by atoms with Gasteiger partial charge in [0, 0.05) is 17.7 Å². The van der Waals surface area contributed by atoms with Crippen LogP contribution in [0.15, 0.2) is 47.5 Å². The maximum atomic E-state index is 9.24. The van der Waals surface area contributed by atoms with Gasteiger partial charge in [-0.25, -0.2) is 0 Å². The van der Waals surface area contributed by atoms with E-state index >= 15 is 0 Å². The van der Waals surface area contributed by atoms with Crippen molar-refractivity contribution in [2.75, 3.05) is 27.2 Å². The number of hydrogen-bond donors (Lipinski definition) is 0. The highest BCUT2D eigenvalue weighted by Crippen LogP contribution is 2.26. The fourth-order valence-corrected chi connectivity index (χ4v) is 3.00. The largest absolute Gasteiger partial charge is 0.308 e. The van der Waals surface area contributed by atoms with Gasteiger partial charge in [-0.15, -0.1) is 0 Å². The third-order valence-corrected chi connectivity index (χ3v) is 4.25. The number of hydrogen-bond acceptors (Lipinski definition) is 3. The second-order valence-corrected chi connectivity index (χ2v) is 6.17. The molecule has 3 nitrogen and oxygen atoms in total. The summed E-state index contributed by atoms with van der Waals surface area (Å²) in [5.41, 5.74) is 6.68. The summed E-state index contributed by atoms with van der Waals surface area (Å²) in [6, 6.07) is 16.7. The number of likely N-dealkylation sites (N-methyl/N-ethyl adjacent to an activating group) is 1. The molecule has 3 rings (SSSR count). The lowest BCUT2D eigenvalue weighted by molar-refractivity contribution is 0.420. The molecule has 0 fully saturated rings. The second kappa shape index (κ2) is 6.76. The molecular formula is C20H21N3. The van der Waals surface area contributed by atoms with E-state index in [2.05, 4.69) is 55.4 Å². The molecule has 0 aromatic heterocycles. The van der Waals surface area contributed by atoms with Gasteiger partial charge in [-0.05, 0) is 50.2 Å². The van der Waals surface area contributed by atoms with E-state index in [1.165, 1.54) is 16.7 Å². The first-order valence-corrected chi connectivity index (χ1v) is 8.00. The Morgan fingerprint density at radius 3 is 2.52 bits per heavy atom. The van der Waals surface area contributed by atoms with E-state index in [-0.39, 0.29) is 0 Å². The third kappa shape index (κ3) is 3.33. The van der Waals surface area contributed by atoms with Gasteiger partial charge in [0.25, 0.3) is 0 Å². The molecule has 3 heteroatoms. The molecule has 0 saturated carbocycles. The number of aliphatic imine (C=N–C) groups is 1. The van der Waals surface area contributed by atoms with Crippen molar-refractivity contribution in [2.24, 2.45) is 4.99 Å². The van der Waals surface area contributed by atoms with E-state index in [9.17, 15) is 5.26 Å². The summed E-state index contributed by atoms with van der Waals surface area (Å²) in [7, 11) is 4.12. The first-order valence-electron chi connectivity index (χ1n) is 8.00. The van der Waals surface area contributed by atoms with Gasteiger partial charge >= 0.3 is 0 Å². The molecule has 0 aliphatic heterocycles. The van der Waals surface area contributed by atoms with Crippen LogP contribution in [-0.4, -0.2) is 37.8 Å². The molecular weight excluding hydrogens is 282 g/mol. The minimum absolute atomic E-state index is 0.698. The van der Waals surface area contributed by atoms with Gasteiger partial charge in [-0.1, -0.05) is 30.3 Å². The van der Waals surface area contributed by atoms with Gasteiger partial charge < -0.3 is 4.90 Å². The smallest absolute Gasteiger partial charge is 0.0991 e. The fraction of sp³-hybridized carbons (Fsp3) is 0.300. The predicted molar refractivity (Wildman–Crippen MR) is 94.1 cm³/mol. The maximum Gasteiger partial charge on any atom is 0.0991 e. The lowest BCUT2D eigenvalue weighted by Gasteiger charge is -2.12. The zero-order valence-electron chi connectivity index (χ0n) is 13.7. The van der Waals surface area contributed by atoms with Crippen molar-refractivity contribution in [2.45, 2.75) is 12.8 Å². The zero-order chi connectivity index (χ0) is 16.2. The zero-order valence-corrected chi connectivity index (χ0v) is 13.7. The molecule has 0 bridgehead atoms. The predicted octanol–water partition coefficient (Wildman–Crippen LogP) is 3.06. The van der Waals surface area contributed by atoms with Gasteiger partial charge in [0.05, 0.1) is 23.9 Å². The number of aryl methyl sites for hydroxylation is 2. The average molecular weight is 303 g/mol. The standard InChI is InChI=1S/C20H21N3/c1-23(2)12-11-22-20-18-6-4-3-5-16(18)9-10-17-8-7-15(14-21)13-19(17)20/h3-8,13H,9-12H2,1-2H3. The van der Waals surface area contributed by atoms with Crippen molar-refractivity contribution in [3.8, 4) is 6.07 Å². The van der Waals surface area contributed by atoms with E-state index in [0.29, 0.717) is 5.56 Å². The average Bonchev–Trinajstić information content (AvgIpc) is 2.71. The van der Waals surface area contributed by atoms with Crippen LogP contribution in [-0.2, 0) is 12.8 Å². The van der Waals surface area contributed by atoms with Crippen LogP contribution in [0.2, 0.25) is 0 Å². The molecule has 1 aliphatic carbocycles. The van der Waals surface area contributed by atoms with Crippen molar-refractivity contribution >= 4 is 5.71 Å². The quantitative estimate of drug-likeness (QED) is 0.874. The minimum Gasteiger partial charge on any atom is -0.308 e. The van der Waals surface area contributed by atoms with Crippen molar-refractivity contribution in [1.29, 1.82) is 5.26 Å². The van der Waals surface area contributed by atoms with Crippen LogP contribution in [0.5, 0.6) is 0 Å². The monoisotopic (exact) mass is 303 g/mol. The number of benzene rings is 2. The highest BCUT2D eigenvalue weighted by molar-refractivity contribution is 6.15. The van der Waals surface area contributed by atoms with Gasteiger partial charge in [0.1, 0.15) is 0 Å². The third-order valence-electron chi connectivity index (χ3n) is 4.25. The number of nitrogens with zero attached hydrogens (tertiary/aromatic N) is 3. The molecule has 0 radical (unpaired) electrons. The maximum absolute atomic E-state index is 9.24. The van der Waals surface area contributed by atoms with E-state index in [4.69, 9.17) is 4.99 Å². The lowest BCUT2D eigenvalue weighted by atomic mass is 9.96. The summed E-state index contributed by atoms with van der Waals surface area (Å²) < 4.78 is 0. The van der Waals surface area contributed by atoms with Gasteiger partial charge in [-0.2, -0.15) is 5.26 Å². The molecule has 0 heterocycles. The van der Waals surface area contributed by atoms with Gasteiger partial charge in [0.15, 0.2) is 0 Å². The summed E-state index contributed by atoms with van der Waals surface area (Å²) >= 11 is 0. The molecule has 0 spiro atoms. The van der Waals surface area contributed by atoms with Gasteiger partial charge in [-0.3, -0.25) is 4.99 Å². The second-order valence-electron chi connectivity index (χ2n) is 6.17. The van der Waals surface area contributed by atoms with Crippen LogP contribution < -0.4 is 0 Å². The summed E-state index contributed by atoms with van der Waals surface area (Å²) in [5, 5.41) is 9.24. The van der Waals surface area contributed by atoms with E-state index < -0.39 is 0 Å². The molecule has 2 aromatic carbocycles. The van der Waals surface area contributed by atoms with E-state index in [0.717, 1.165) is 37.2 Å². The summed E-state index contributed by atoms with van der Waals surface area (Å²) in [6.07, 6.45) is 2.01. The van der Waals surface area contributed by atoms with Crippen LogP contribution in [0, 0.1) is 11.3 Å². The Morgan fingerprint density at radius 1 is 1.04 bits per heavy atom. The van der Waals surface area contributed by atoms with Crippen LogP contribution in [0.1, 0.15) is 27.8 Å². The molecule has 23 heavy (non-hydrogen) atoms. The Morgan fingerprint density at radius 2 is 1.78 bits per heavy atom. The Balaban J connectivity index is 2.12. The van der Waals surface area contributed by atoms with Crippen molar-refractivity contribution in [3.63, 3.8) is 0 Å². The first-order chi connectivity index (χ1) is 11.2.